The Morgan fingerprint density at radius 2 is 1.61 bits per heavy atom. The maximum absolute atomic E-state index is 12.0. The molecule has 0 bridgehead atoms. The third-order valence-electron chi connectivity index (χ3n) is 3.04. The van der Waals surface area contributed by atoms with E-state index in [1.807, 2.05) is 30.3 Å². The minimum atomic E-state index is -0.782. The largest absolute Gasteiger partial charge is 0.259 e. The van der Waals surface area contributed by atoms with Crippen molar-refractivity contribution < 1.29 is 4.21 Å². The highest BCUT2D eigenvalue weighted by molar-refractivity contribution is 7.84. The molecular weight excluding hydrogens is 240 g/mol. The van der Waals surface area contributed by atoms with Gasteiger partial charge in [0.15, 0.2) is 0 Å². The zero-order chi connectivity index (χ0) is 12.8. The maximum atomic E-state index is 12.0. The standard InChI is InChI=1S/C16H18OS/c1-14-7-5-6-10-16(14)13-18(17)12-11-15-8-3-2-4-9-15/h2-10H,11-13H2,1H3. The Morgan fingerprint density at radius 1 is 0.944 bits per heavy atom. The van der Waals surface area contributed by atoms with E-state index >= 15 is 0 Å². The zero-order valence-corrected chi connectivity index (χ0v) is 11.5. The second-order valence-electron chi connectivity index (χ2n) is 4.45. The Hall–Kier alpha value is -1.41. The van der Waals surface area contributed by atoms with Crippen LogP contribution in [0.25, 0.3) is 0 Å². The van der Waals surface area contributed by atoms with Gasteiger partial charge in [0.2, 0.25) is 0 Å². The molecule has 0 radical (unpaired) electrons. The van der Waals surface area contributed by atoms with Crippen LogP contribution in [0.4, 0.5) is 0 Å². The summed E-state index contributed by atoms with van der Waals surface area (Å²) in [5.41, 5.74) is 3.69. The molecule has 0 N–H and O–H groups in total. The first-order chi connectivity index (χ1) is 8.75. The van der Waals surface area contributed by atoms with Crippen LogP contribution in [-0.2, 0) is 23.0 Å². The van der Waals surface area contributed by atoms with Gasteiger partial charge in [-0.15, -0.1) is 0 Å². The first kappa shape index (κ1) is 13.0. The highest BCUT2D eigenvalue weighted by atomic mass is 32.2. The van der Waals surface area contributed by atoms with E-state index in [1.165, 1.54) is 16.7 Å². The van der Waals surface area contributed by atoms with E-state index < -0.39 is 10.8 Å². The van der Waals surface area contributed by atoms with Gasteiger partial charge in [-0.1, -0.05) is 54.6 Å². The lowest BCUT2D eigenvalue weighted by Gasteiger charge is -2.06. The Kier molecular flexibility index (Phi) is 4.71. The van der Waals surface area contributed by atoms with E-state index in [-0.39, 0.29) is 0 Å². The van der Waals surface area contributed by atoms with Crippen molar-refractivity contribution in [1.29, 1.82) is 0 Å². The number of benzene rings is 2. The van der Waals surface area contributed by atoms with Crippen molar-refractivity contribution in [3.05, 3.63) is 71.3 Å². The monoisotopic (exact) mass is 258 g/mol. The number of aryl methyl sites for hydroxylation is 2. The Labute approximate surface area is 111 Å². The lowest BCUT2D eigenvalue weighted by molar-refractivity contribution is 0.681. The SMILES string of the molecule is Cc1ccccc1CS(=O)CCc1ccccc1. The van der Waals surface area contributed by atoms with Gasteiger partial charge >= 0.3 is 0 Å². The fourth-order valence-corrected chi connectivity index (χ4v) is 3.17. The number of hydrogen-bond donors (Lipinski definition) is 0. The molecule has 0 aliphatic carbocycles. The summed E-state index contributed by atoms with van der Waals surface area (Å²) in [7, 11) is -0.782. The lowest BCUT2D eigenvalue weighted by Crippen LogP contribution is -2.04. The molecule has 0 fully saturated rings. The molecule has 2 aromatic rings. The summed E-state index contributed by atoms with van der Waals surface area (Å²) >= 11 is 0. The second-order valence-corrected chi connectivity index (χ2v) is 6.03. The summed E-state index contributed by atoms with van der Waals surface area (Å²) in [6.45, 7) is 2.07. The van der Waals surface area contributed by atoms with E-state index in [9.17, 15) is 4.21 Å². The molecule has 0 aromatic heterocycles. The van der Waals surface area contributed by atoms with Crippen molar-refractivity contribution >= 4 is 10.8 Å². The molecule has 1 atom stereocenters. The molecule has 0 amide bonds. The van der Waals surface area contributed by atoms with Crippen molar-refractivity contribution in [2.75, 3.05) is 5.75 Å². The topological polar surface area (TPSA) is 17.1 Å². The van der Waals surface area contributed by atoms with E-state index in [1.54, 1.807) is 0 Å². The van der Waals surface area contributed by atoms with Gasteiger partial charge in [0.05, 0.1) is 0 Å². The zero-order valence-electron chi connectivity index (χ0n) is 10.6. The predicted octanol–water partition coefficient (Wildman–Crippen LogP) is 3.49. The maximum Gasteiger partial charge on any atom is 0.0488 e. The van der Waals surface area contributed by atoms with Gasteiger partial charge in [-0.05, 0) is 30.0 Å². The second kappa shape index (κ2) is 6.50. The molecule has 2 aromatic carbocycles. The van der Waals surface area contributed by atoms with E-state index in [2.05, 4.69) is 31.2 Å². The van der Waals surface area contributed by atoms with Crippen LogP contribution in [0.1, 0.15) is 16.7 Å². The van der Waals surface area contributed by atoms with Crippen molar-refractivity contribution in [2.45, 2.75) is 19.1 Å². The van der Waals surface area contributed by atoms with Crippen LogP contribution in [0.3, 0.4) is 0 Å². The van der Waals surface area contributed by atoms with Crippen LogP contribution in [0.5, 0.6) is 0 Å². The molecule has 2 heteroatoms. The third-order valence-corrected chi connectivity index (χ3v) is 4.33. The minimum absolute atomic E-state index is 0.666. The minimum Gasteiger partial charge on any atom is -0.259 e. The average Bonchev–Trinajstić information content (AvgIpc) is 2.40. The number of hydrogen-bond acceptors (Lipinski definition) is 1. The van der Waals surface area contributed by atoms with E-state index in [0.717, 1.165) is 12.2 Å². The van der Waals surface area contributed by atoms with Crippen LogP contribution >= 0.6 is 0 Å². The smallest absolute Gasteiger partial charge is 0.0488 e. The summed E-state index contributed by atoms with van der Waals surface area (Å²) < 4.78 is 12.0. The Bertz CT molecular complexity index is 520. The molecule has 94 valence electrons. The first-order valence-corrected chi connectivity index (χ1v) is 7.68. The lowest BCUT2D eigenvalue weighted by atomic mass is 10.1. The molecule has 0 saturated heterocycles. The van der Waals surface area contributed by atoms with E-state index in [0.29, 0.717) is 5.75 Å². The van der Waals surface area contributed by atoms with Gasteiger partial charge < -0.3 is 0 Å². The van der Waals surface area contributed by atoms with Gasteiger partial charge in [-0.3, -0.25) is 4.21 Å². The van der Waals surface area contributed by atoms with E-state index in [4.69, 9.17) is 0 Å². The van der Waals surface area contributed by atoms with Gasteiger partial charge in [0, 0.05) is 22.3 Å². The average molecular weight is 258 g/mol. The predicted molar refractivity (Wildman–Crippen MR) is 78.0 cm³/mol. The van der Waals surface area contributed by atoms with Crippen LogP contribution in [0.15, 0.2) is 54.6 Å². The van der Waals surface area contributed by atoms with Crippen molar-refractivity contribution in [3.63, 3.8) is 0 Å². The summed E-state index contributed by atoms with van der Waals surface area (Å²) in [5.74, 6) is 1.40. The molecular formula is C16H18OS. The third kappa shape index (κ3) is 3.81. The summed E-state index contributed by atoms with van der Waals surface area (Å²) in [6, 6.07) is 18.4. The van der Waals surface area contributed by atoms with Gasteiger partial charge in [-0.2, -0.15) is 0 Å². The first-order valence-electron chi connectivity index (χ1n) is 6.19. The molecule has 1 nitrogen and oxygen atoms in total. The highest BCUT2D eigenvalue weighted by Gasteiger charge is 2.04. The van der Waals surface area contributed by atoms with Crippen LogP contribution in [-0.4, -0.2) is 9.96 Å². The fraction of sp³-hybridized carbons (Fsp3) is 0.250. The molecule has 0 heterocycles. The summed E-state index contributed by atoms with van der Waals surface area (Å²) in [4.78, 5) is 0. The molecule has 2 rings (SSSR count). The molecule has 0 saturated carbocycles. The molecule has 0 spiro atoms. The molecule has 1 unspecified atom stereocenters. The normalized spacial score (nSPS) is 12.3. The van der Waals surface area contributed by atoms with Crippen LogP contribution in [0, 0.1) is 6.92 Å². The molecule has 0 aliphatic heterocycles. The number of rotatable bonds is 5. The Balaban J connectivity index is 1.88. The summed E-state index contributed by atoms with van der Waals surface area (Å²) in [5, 5.41) is 0. The molecule has 0 aliphatic rings. The quantitative estimate of drug-likeness (QED) is 0.802. The van der Waals surface area contributed by atoms with Crippen LogP contribution in [0.2, 0.25) is 0 Å². The van der Waals surface area contributed by atoms with Gasteiger partial charge in [-0.25, -0.2) is 0 Å². The fourth-order valence-electron chi connectivity index (χ4n) is 1.89. The Morgan fingerprint density at radius 3 is 2.33 bits per heavy atom. The highest BCUT2D eigenvalue weighted by Crippen LogP contribution is 2.10. The van der Waals surface area contributed by atoms with Gasteiger partial charge in [0.25, 0.3) is 0 Å². The summed E-state index contributed by atoms with van der Waals surface area (Å²) in [6.07, 6.45) is 0.888. The molecule has 18 heavy (non-hydrogen) atoms. The van der Waals surface area contributed by atoms with Gasteiger partial charge in [0.1, 0.15) is 0 Å². The van der Waals surface area contributed by atoms with Crippen molar-refractivity contribution in [2.24, 2.45) is 0 Å². The van der Waals surface area contributed by atoms with Crippen molar-refractivity contribution in [3.8, 4) is 0 Å². The van der Waals surface area contributed by atoms with Crippen molar-refractivity contribution in [1.82, 2.24) is 0 Å². The van der Waals surface area contributed by atoms with Crippen LogP contribution < -0.4 is 0 Å².